The maximum Gasteiger partial charge on any atom is 0.418 e. The zero-order valence-corrected chi connectivity index (χ0v) is 13.4. The molecule has 7 heteroatoms. The van der Waals surface area contributed by atoms with Crippen molar-refractivity contribution >= 4 is 35.0 Å². The fraction of sp³-hybridized carbons (Fsp3) is 0.188. The minimum atomic E-state index is -4.50. The third kappa shape index (κ3) is 5.48. The number of carbonyl (C=O) groups is 1. The van der Waals surface area contributed by atoms with Crippen LogP contribution in [0.3, 0.4) is 0 Å². The van der Waals surface area contributed by atoms with Crippen molar-refractivity contribution in [3.05, 3.63) is 59.1 Å². The molecule has 122 valence electrons. The van der Waals surface area contributed by atoms with Gasteiger partial charge < -0.3 is 5.32 Å². The standard InChI is InChI=1S/C16H13ClF3NOS/c17-11-5-7-12(8-6-11)23-10-9-15(22)21-14-4-2-1-3-13(14)16(18,19)20/h1-8H,9-10H2,(H,21,22). The summed E-state index contributed by atoms with van der Waals surface area (Å²) in [5, 5.41) is 2.94. The van der Waals surface area contributed by atoms with Crippen LogP contribution in [0.5, 0.6) is 0 Å². The van der Waals surface area contributed by atoms with E-state index in [1.165, 1.54) is 30.0 Å². The average Bonchev–Trinajstić information content (AvgIpc) is 2.49. The van der Waals surface area contributed by atoms with E-state index in [1.54, 1.807) is 12.1 Å². The quantitative estimate of drug-likeness (QED) is 0.716. The van der Waals surface area contributed by atoms with E-state index in [-0.39, 0.29) is 12.1 Å². The van der Waals surface area contributed by atoms with Gasteiger partial charge in [0.25, 0.3) is 0 Å². The van der Waals surface area contributed by atoms with Gasteiger partial charge in [0.1, 0.15) is 0 Å². The molecule has 0 atom stereocenters. The lowest BCUT2D eigenvalue weighted by Crippen LogP contribution is -2.16. The number of hydrogen-bond acceptors (Lipinski definition) is 2. The van der Waals surface area contributed by atoms with E-state index < -0.39 is 17.6 Å². The first-order valence-electron chi connectivity index (χ1n) is 6.71. The Hall–Kier alpha value is -1.66. The number of rotatable bonds is 5. The number of carbonyl (C=O) groups excluding carboxylic acids is 1. The number of halogens is 4. The number of hydrogen-bond donors (Lipinski definition) is 1. The van der Waals surface area contributed by atoms with Crippen molar-refractivity contribution in [3.8, 4) is 0 Å². The first-order valence-corrected chi connectivity index (χ1v) is 8.07. The summed E-state index contributed by atoms with van der Waals surface area (Å²) in [6.45, 7) is 0. The zero-order chi connectivity index (χ0) is 16.9. The molecule has 0 saturated heterocycles. The zero-order valence-electron chi connectivity index (χ0n) is 11.9. The van der Waals surface area contributed by atoms with Gasteiger partial charge in [-0.05, 0) is 36.4 Å². The lowest BCUT2D eigenvalue weighted by molar-refractivity contribution is -0.137. The molecule has 2 aromatic rings. The summed E-state index contributed by atoms with van der Waals surface area (Å²) in [5.74, 6) is 0.00457. The average molecular weight is 360 g/mol. The van der Waals surface area contributed by atoms with Crippen molar-refractivity contribution in [2.75, 3.05) is 11.1 Å². The summed E-state index contributed by atoms with van der Waals surface area (Å²) in [6.07, 6.45) is -4.39. The summed E-state index contributed by atoms with van der Waals surface area (Å²) in [4.78, 5) is 12.8. The topological polar surface area (TPSA) is 29.1 Å². The molecule has 0 saturated carbocycles. The number of benzene rings is 2. The highest BCUT2D eigenvalue weighted by Crippen LogP contribution is 2.34. The van der Waals surface area contributed by atoms with E-state index in [0.717, 1.165) is 11.0 Å². The molecule has 1 N–H and O–H groups in total. The Balaban J connectivity index is 1.89. The van der Waals surface area contributed by atoms with Crippen LogP contribution in [0, 0.1) is 0 Å². The number of anilines is 1. The van der Waals surface area contributed by atoms with Gasteiger partial charge in [-0.15, -0.1) is 11.8 Å². The Morgan fingerprint density at radius 3 is 2.39 bits per heavy atom. The molecule has 0 aromatic heterocycles. The predicted octanol–water partition coefficient (Wildman–Crippen LogP) is 5.48. The van der Waals surface area contributed by atoms with Gasteiger partial charge in [-0.2, -0.15) is 13.2 Å². The van der Waals surface area contributed by atoms with Crippen molar-refractivity contribution in [1.29, 1.82) is 0 Å². The Labute approximate surface area is 141 Å². The minimum absolute atomic E-state index is 0.111. The highest BCUT2D eigenvalue weighted by Gasteiger charge is 2.33. The van der Waals surface area contributed by atoms with Crippen molar-refractivity contribution in [3.63, 3.8) is 0 Å². The van der Waals surface area contributed by atoms with E-state index in [9.17, 15) is 18.0 Å². The van der Waals surface area contributed by atoms with Crippen LogP contribution in [0.15, 0.2) is 53.4 Å². The van der Waals surface area contributed by atoms with Crippen LogP contribution < -0.4 is 5.32 Å². The van der Waals surface area contributed by atoms with Crippen LogP contribution in [0.4, 0.5) is 18.9 Å². The van der Waals surface area contributed by atoms with Crippen LogP contribution in [0.2, 0.25) is 5.02 Å². The molecule has 0 radical (unpaired) electrons. The van der Waals surface area contributed by atoms with Crippen LogP contribution in [-0.2, 0) is 11.0 Å². The molecule has 0 aliphatic carbocycles. The van der Waals surface area contributed by atoms with Crippen LogP contribution in [0.1, 0.15) is 12.0 Å². The van der Waals surface area contributed by atoms with Crippen molar-refractivity contribution in [2.45, 2.75) is 17.5 Å². The summed E-state index contributed by atoms with van der Waals surface area (Å²) in [7, 11) is 0. The number of amides is 1. The summed E-state index contributed by atoms with van der Waals surface area (Å²) in [6, 6.07) is 12.0. The van der Waals surface area contributed by atoms with Crippen LogP contribution in [0.25, 0.3) is 0 Å². The summed E-state index contributed by atoms with van der Waals surface area (Å²) < 4.78 is 38.5. The molecule has 0 aliphatic rings. The Kier molecular flexibility index (Phi) is 5.96. The van der Waals surface area contributed by atoms with Gasteiger partial charge in [0.05, 0.1) is 11.3 Å². The second kappa shape index (κ2) is 7.75. The van der Waals surface area contributed by atoms with Gasteiger partial charge in [0, 0.05) is 22.1 Å². The third-order valence-electron chi connectivity index (χ3n) is 2.92. The maximum atomic E-state index is 12.8. The molecule has 0 fully saturated rings. The smallest absolute Gasteiger partial charge is 0.325 e. The van der Waals surface area contributed by atoms with E-state index in [2.05, 4.69) is 5.32 Å². The number of para-hydroxylation sites is 1. The van der Waals surface area contributed by atoms with Crippen LogP contribution in [-0.4, -0.2) is 11.7 Å². The fourth-order valence-electron chi connectivity index (χ4n) is 1.84. The Morgan fingerprint density at radius 1 is 1.09 bits per heavy atom. The number of alkyl halides is 3. The second-order valence-electron chi connectivity index (χ2n) is 4.64. The van der Waals surface area contributed by atoms with E-state index in [4.69, 9.17) is 11.6 Å². The Morgan fingerprint density at radius 2 is 1.74 bits per heavy atom. The molecule has 0 heterocycles. The van der Waals surface area contributed by atoms with Gasteiger partial charge >= 0.3 is 6.18 Å². The lowest BCUT2D eigenvalue weighted by Gasteiger charge is -2.13. The molecule has 0 aliphatic heterocycles. The number of nitrogens with one attached hydrogen (secondary N) is 1. The molecular weight excluding hydrogens is 347 g/mol. The first-order chi connectivity index (χ1) is 10.9. The fourth-order valence-corrected chi connectivity index (χ4v) is 2.82. The van der Waals surface area contributed by atoms with E-state index >= 15 is 0 Å². The molecule has 1 amide bonds. The molecule has 0 unspecified atom stereocenters. The third-order valence-corrected chi connectivity index (χ3v) is 4.18. The van der Waals surface area contributed by atoms with Gasteiger partial charge in [-0.3, -0.25) is 4.79 Å². The lowest BCUT2D eigenvalue weighted by atomic mass is 10.1. The molecule has 0 spiro atoms. The molecule has 2 rings (SSSR count). The second-order valence-corrected chi connectivity index (χ2v) is 6.25. The normalized spacial score (nSPS) is 11.3. The predicted molar refractivity (Wildman–Crippen MR) is 86.9 cm³/mol. The highest BCUT2D eigenvalue weighted by atomic mass is 35.5. The monoisotopic (exact) mass is 359 g/mol. The summed E-state index contributed by atoms with van der Waals surface area (Å²) >= 11 is 7.21. The molecular formula is C16H13ClF3NOS. The SMILES string of the molecule is O=C(CCSc1ccc(Cl)cc1)Nc1ccccc1C(F)(F)F. The van der Waals surface area contributed by atoms with Gasteiger partial charge in [-0.1, -0.05) is 23.7 Å². The van der Waals surface area contributed by atoms with Gasteiger partial charge in [0.15, 0.2) is 0 Å². The molecule has 23 heavy (non-hydrogen) atoms. The highest BCUT2D eigenvalue weighted by molar-refractivity contribution is 7.99. The minimum Gasteiger partial charge on any atom is -0.325 e. The largest absolute Gasteiger partial charge is 0.418 e. The molecule has 2 nitrogen and oxygen atoms in total. The first kappa shape index (κ1) is 17.7. The van der Waals surface area contributed by atoms with Gasteiger partial charge in [-0.25, -0.2) is 0 Å². The van der Waals surface area contributed by atoms with E-state index in [1.807, 2.05) is 12.1 Å². The Bertz CT molecular complexity index is 674. The maximum absolute atomic E-state index is 12.8. The van der Waals surface area contributed by atoms with Gasteiger partial charge in [0.2, 0.25) is 5.91 Å². The summed E-state index contributed by atoms with van der Waals surface area (Å²) in [5.41, 5.74) is -1.07. The molecule has 0 bridgehead atoms. The molecule has 2 aromatic carbocycles. The van der Waals surface area contributed by atoms with E-state index in [0.29, 0.717) is 10.8 Å². The van der Waals surface area contributed by atoms with Crippen LogP contribution >= 0.6 is 23.4 Å². The van der Waals surface area contributed by atoms with Crippen molar-refractivity contribution in [2.24, 2.45) is 0 Å². The van der Waals surface area contributed by atoms with Crippen molar-refractivity contribution < 1.29 is 18.0 Å². The van der Waals surface area contributed by atoms with Crippen molar-refractivity contribution in [1.82, 2.24) is 0 Å². The number of thioether (sulfide) groups is 1.